The van der Waals surface area contributed by atoms with Crippen LogP contribution in [0.25, 0.3) is 0 Å². The number of non-ortho nitro benzene ring substituents is 1. The molecule has 1 unspecified atom stereocenters. The molecular weight excluding hydrogens is 260 g/mol. The first-order valence-electron chi connectivity index (χ1n) is 4.97. The standard InChI is InChI=1S/C10H12N2O5S/c1-18(17)5-4-11-9-3-2-7(12(15)16)6-8(9)10(13)14/h2-3,6,11H,4-5H2,1H3,(H,13,14). The Balaban J connectivity index is 2.93. The summed E-state index contributed by atoms with van der Waals surface area (Å²) in [5.74, 6) is -0.880. The Morgan fingerprint density at radius 3 is 2.72 bits per heavy atom. The Hall–Kier alpha value is -1.96. The van der Waals surface area contributed by atoms with Gasteiger partial charge in [0.15, 0.2) is 0 Å². The highest BCUT2D eigenvalue weighted by Crippen LogP contribution is 2.22. The molecule has 7 nitrogen and oxygen atoms in total. The van der Waals surface area contributed by atoms with Gasteiger partial charge in [-0.25, -0.2) is 4.79 Å². The van der Waals surface area contributed by atoms with Crippen LogP contribution < -0.4 is 5.32 Å². The SMILES string of the molecule is CS(=O)CCNc1ccc([N+](=O)[O-])cc1C(=O)O. The fourth-order valence-corrected chi connectivity index (χ4v) is 1.70. The Labute approximate surface area is 105 Å². The normalized spacial score (nSPS) is 11.8. The van der Waals surface area contributed by atoms with Crippen molar-refractivity contribution in [2.45, 2.75) is 0 Å². The predicted octanol–water partition coefficient (Wildman–Crippen LogP) is 1.08. The minimum Gasteiger partial charge on any atom is -0.478 e. The van der Waals surface area contributed by atoms with Gasteiger partial charge in [0.1, 0.15) is 0 Å². The summed E-state index contributed by atoms with van der Waals surface area (Å²) in [6.45, 7) is 0.335. The summed E-state index contributed by atoms with van der Waals surface area (Å²) in [7, 11) is -0.986. The highest BCUT2D eigenvalue weighted by Gasteiger charge is 2.15. The lowest BCUT2D eigenvalue weighted by Crippen LogP contribution is -2.13. The Kier molecular flexibility index (Phi) is 4.78. The zero-order valence-corrected chi connectivity index (χ0v) is 10.4. The van der Waals surface area contributed by atoms with Gasteiger partial charge in [-0.1, -0.05) is 0 Å². The van der Waals surface area contributed by atoms with E-state index in [1.165, 1.54) is 18.4 Å². The molecule has 98 valence electrons. The molecule has 2 N–H and O–H groups in total. The molecule has 0 aromatic heterocycles. The number of rotatable bonds is 6. The highest BCUT2D eigenvalue weighted by atomic mass is 32.2. The summed E-state index contributed by atoms with van der Waals surface area (Å²) < 4.78 is 10.9. The molecule has 0 saturated carbocycles. The highest BCUT2D eigenvalue weighted by molar-refractivity contribution is 7.84. The maximum absolute atomic E-state index is 11.0. The van der Waals surface area contributed by atoms with Crippen LogP contribution in [0.2, 0.25) is 0 Å². The number of carbonyl (C=O) groups is 1. The number of aromatic carboxylic acids is 1. The van der Waals surface area contributed by atoms with Gasteiger partial charge in [0.25, 0.3) is 5.69 Å². The van der Waals surface area contributed by atoms with E-state index in [1.54, 1.807) is 0 Å². The van der Waals surface area contributed by atoms with Gasteiger partial charge >= 0.3 is 5.97 Å². The molecule has 1 rings (SSSR count). The Morgan fingerprint density at radius 1 is 1.56 bits per heavy atom. The molecule has 8 heteroatoms. The van der Waals surface area contributed by atoms with Gasteiger partial charge < -0.3 is 10.4 Å². The number of carboxylic acids is 1. The molecule has 1 atom stereocenters. The van der Waals surface area contributed by atoms with Crippen molar-refractivity contribution >= 4 is 28.1 Å². The van der Waals surface area contributed by atoms with Crippen LogP contribution in [0.1, 0.15) is 10.4 Å². The predicted molar refractivity (Wildman–Crippen MR) is 67.5 cm³/mol. The maximum atomic E-state index is 11.0. The van der Waals surface area contributed by atoms with E-state index in [0.717, 1.165) is 6.07 Å². The number of carboxylic acid groups (broad SMARTS) is 1. The smallest absolute Gasteiger partial charge is 0.338 e. The van der Waals surface area contributed by atoms with Crippen LogP contribution in [0, 0.1) is 10.1 Å². The third-order valence-electron chi connectivity index (χ3n) is 2.15. The van der Waals surface area contributed by atoms with Crippen molar-refractivity contribution in [1.29, 1.82) is 0 Å². The first-order chi connectivity index (χ1) is 8.41. The zero-order chi connectivity index (χ0) is 13.7. The Morgan fingerprint density at radius 2 is 2.22 bits per heavy atom. The van der Waals surface area contributed by atoms with Crippen LogP contribution >= 0.6 is 0 Å². The molecule has 0 aliphatic heterocycles. The number of hydrogen-bond donors (Lipinski definition) is 2. The van der Waals surface area contributed by atoms with Crippen LogP contribution in [0.3, 0.4) is 0 Å². The third-order valence-corrected chi connectivity index (χ3v) is 2.93. The molecule has 0 heterocycles. The number of hydrogen-bond acceptors (Lipinski definition) is 5. The van der Waals surface area contributed by atoms with Crippen LogP contribution in [-0.4, -0.2) is 38.8 Å². The van der Waals surface area contributed by atoms with Crippen molar-refractivity contribution in [3.63, 3.8) is 0 Å². The van der Waals surface area contributed by atoms with Gasteiger partial charge in [0, 0.05) is 47.2 Å². The number of nitro benzene ring substituents is 1. The van der Waals surface area contributed by atoms with Crippen molar-refractivity contribution in [1.82, 2.24) is 0 Å². The second kappa shape index (κ2) is 6.10. The lowest BCUT2D eigenvalue weighted by atomic mass is 10.1. The number of benzene rings is 1. The molecule has 0 amide bonds. The van der Waals surface area contributed by atoms with Gasteiger partial charge in [0.2, 0.25) is 0 Å². The van der Waals surface area contributed by atoms with Gasteiger partial charge in [-0.05, 0) is 6.07 Å². The third kappa shape index (κ3) is 3.81. The molecule has 0 spiro atoms. The van der Waals surface area contributed by atoms with Crippen molar-refractivity contribution < 1.29 is 19.0 Å². The summed E-state index contributed by atoms with van der Waals surface area (Å²) in [5.41, 5.74) is -0.179. The molecule has 1 aromatic carbocycles. The second-order valence-corrected chi connectivity index (χ2v) is 5.05. The molecule has 0 aliphatic carbocycles. The number of nitrogens with one attached hydrogen (secondary N) is 1. The first-order valence-corrected chi connectivity index (χ1v) is 6.70. The lowest BCUT2D eigenvalue weighted by Gasteiger charge is -2.08. The first kappa shape index (κ1) is 14.1. The molecule has 0 fully saturated rings. The number of anilines is 1. The maximum Gasteiger partial charge on any atom is 0.338 e. The summed E-state index contributed by atoms with van der Waals surface area (Å²) in [5, 5.41) is 22.3. The van der Waals surface area contributed by atoms with E-state index < -0.39 is 21.7 Å². The second-order valence-electron chi connectivity index (χ2n) is 3.50. The van der Waals surface area contributed by atoms with Gasteiger partial charge in [0.05, 0.1) is 10.5 Å². The van der Waals surface area contributed by atoms with Gasteiger partial charge in [-0.2, -0.15) is 0 Å². The Bertz CT molecular complexity index is 503. The summed E-state index contributed by atoms with van der Waals surface area (Å²) >= 11 is 0. The van der Waals surface area contributed by atoms with E-state index in [-0.39, 0.29) is 16.9 Å². The molecule has 1 aromatic rings. The summed E-state index contributed by atoms with van der Waals surface area (Å²) in [6.07, 6.45) is 1.54. The average molecular weight is 272 g/mol. The van der Waals surface area contributed by atoms with Gasteiger partial charge in [-0.3, -0.25) is 14.3 Å². The van der Waals surface area contributed by atoms with E-state index in [4.69, 9.17) is 5.11 Å². The van der Waals surface area contributed by atoms with Crippen LogP contribution in [0.15, 0.2) is 18.2 Å². The quantitative estimate of drug-likeness (QED) is 0.592. The topological polar surface area (TPSA) is 110 Å². The molecule has 0 saturated heterocycles. The van der Waals surface area contributed by atoms with E-state index in [0.29, 0.717) is 12.3 Å². The van der Waals surface area contributed by atoms with Crippen molar-refractivity contribution in [3.8, 4) is 0 Å². The fraction of sp³-hybridized carbons (Fsp3) is 0.300. The van der Waals surface area contributed by atoms with E-state index in [9.17, 15) is 19.1 Å². The monoisotopic (exact) mass is 272 g/mol. The van der Waals surface area contributed by atoms with Crippen LogP contribution in [-0.2, 0) is 10.8 Å². The van der Waals surface area contributed by atoms with Gasteiger partial charge in [-0.15, -0.1) is 0 Å². The van der Waals surface area contributed by atoms with E-state index in [2.05, 4.69) is 5.32 Å². The largest absolute Gasteiger partial charge is 0.478 e. The minimum atomic E-state index is -1.25. The molecule has 0 bridgehead atoms. The molecule has 0 aliphatic rings. The summed E-state index contributed by atoms with van der Waals surface area (Å²) in [6, 6.07) is 3.55. The molecule has 0 radical (unpaired) electrons. The van der Waals surface area contributed by atoms with Crippen molar-refractivity contribution in [2.75, 3.05) is 23.9 Å². The molecule has 18 heavy (non-hydrogen) atoms. The number of nitro groups is 1. The molecular formula is C10H12N2O5S. The van der Waals surface area contributed by atoms with Crippen molar-refractivity contribution in [3.05, 3.63) is 33.9 Å². The minimum absolute atomic E-state index is 0.175. The van der Waals surface area contributed by atoms with E-state index in [1.807, 2.05) is 0 Å². The zero-order valence-electron chi connectivity index (χ0n) is 9.58. The average Bonchev–Trinajstić information content (AvgIpc) is 2.28. The summed E-state index contributed by atoms with van der Waals surface area (Å²) in [4.78, 5) is 20.9. The van der Waals surface area contributed by atoms with Crippen molar-refractivity contribution in [2.24, 2.45) is 0 Å². The lowest BCUT2D eigenvalue weighted by molar-refractivity contribution is -0.384. The number of nitrogens with zero attached hydrogens (tertiary/aromatic N) is 1. The van der Waals surface area contributed by atoms with E-state index >= 15 is 0 Å². The van der Waals surface area contributed by atoms with Crippen LogP contribution in [0.4, 0.5) is 11.4 Å². The van der Waals surface area contributed by atoms with Crippen LogP contribution in [0.5, 0.6) is 0 Å². The fourth-order valence-electron chi connectivity index (χ4n) is 1.31.